The fraction of sp³-hybridized carbons (Fsp3) is 0.692. The summed E-state index contributed by atoms with van der Waals surface area (Å²) in [5.41, 5.74) is 0.287. The Morgan fingerprint density at radius 2 is 1.89 bits per heavy atom. The predicted molar refractivity (Wildman–Crippen MR) is 76.0 cm³/mol. The van der Waals surface area contributed by atoms with Crippen LogP contribution < -0.4 is 5.32 Å². The predicted octanol–water partition coefficient (Wildman–Crippen LogP) is 3.96. The van der Waals surface area contributed by atoms with Crippen molar-refractivity contribution in [1.82, 2.24) is 5.32 Å². The van der Waals surface area contributed by atoms with Crippen LogP contribution in [0.15, 0.2) is 12.1 Å². The van der Waals surface area contributed by atoms with Crippen LogP contribution in [0.25, 0.3) is 0 Å². The molecule has 1 N–H and O–H groups in total. The fourth-order valence-corrected chi connectivity index (χ4v) is 3.03. The second kappa shape index (κ2) is 5.36. The Morgan fingerprint density at radius 1 is 1.28 bits per heavy atom. The number of nitrogens with one attached hydrogen (secondary N) is 1. The van der Waals surface area contributed by atoms with Gasteiger partial charge in [-0.15, -0.1) is 0 Å². The lowest BCUT2D eigenvalue weighted by atomic mass is 9.82. The highest BCUT2D eigenvalue weighted by Gasteiger charge is 2.25. The number of hydrogen-bond donors (Lipinski definition) is 1. The van der Waals surface area contributed by atoms with E-state index in [-0.39, 0.29) is 20.9 Å². The molecule has 4 nitrogen and oxygen atoms in total. The van der Waals surface area contributed by atoms with Crippen LogP contribution in [0.4, 0.5) is 5.00 Å². The first kappa shape index (κ1) is 15.1. The zero-order valence-electron chi connectivity index (χ0n) is 11.7. The maximum absolute atomic E-state index is 10.6. The third kappa shape index (κ3) is 5.14. The van der Waals surface area contributed by atoms with Crippen LogP contribution in [0, 0.1) is 15.5 Å². The number of nitrogens with zero attached hydrogens (tertiary/aromatic N) is 1. The lowest BCUT2D eigenvalue weighted by molar-refractivity contribution is -0.380. The molecule has 0 aromatic carbocycles. The Morgan fingerprint density at radius 3 is 2.33 bits per heavy atom. The van der Waals surface area contributed by atoms with Gasteiger partial charge in [-0.25, -0.2) is 0 Å². The third-order valence-corrected chi connectivity index (χ3v) is 3.58. The minimum absolute atomic E-state index is 0.0248. The second-order valence-electron chi connectivity index (χ2n) is 6.47. The van der Waals surface area contributed by atoms with E-state index in [9.17, 15) is 10.1 Å². The van der Waals surface area contributed by atoms with Crippen LogP contribution in [0.3, 0.4) is 0 Å². The van der Waals surface area contributed by atoms with E-state index in [4.69, 9.17) is 0 Å². The summed E-state index contributed by atoms with van der Waals surface area (Å²) >= 11 is 1.24. The largest absolute Gasteiger partial charge is 0.324 e. The van der Waals surface area contributed by atoms with Gasteiger partial charge in [0.2, 0.25) is 0 Å². The highest BCUT2D eigenvalue weighted by atomic mass is 32.1. The molecule has 0 fully saturated rings. The molecule has 0 radical (unpaired) electrons. The van der Waals surface area contributed by atoms with Crippen molar-refractivity contribution < 1.29 is 4.92 Å². The summed E-state index contributed by atoms with van der Waals surface area (Å²) in [5, 5.41) is 14.3. The molecule has 0 aliphatic carbocycles. The van der Waals surface area contributed by atoms with Crippen LogP contribution in [-0.4, -0.2) is 10.5 Å². The summed E-state index contributed by atoms with van der Waals surface area (Å²) in [6, 6.07) is 3.39. The van der Waals surface area contributed by atoms with E-state index in [2.05, 4.69) is 39.9 Å². The van der Waals surface area contributed by atoms with Gasteiger partial charge in [0, 0.05) is 23.0 Å². The van der Waals surface area contributed by atoms with Gasteiger partial charge in [-0.2, -0.15) is 0 Å². The molecule has 1 rings (SSSR count). The number of hydrogen-bond acceptors (Lipinski definition) is 4. The molecular weight excluding hydrogens is 248 g/mol. The molecule has 0 atom stereocenters. The molecule has 0 aliphatic rings. The molecule has 0 unspecified atom stereocenters. The molecule has 1 heterocycles. The van der Waals surface area contributed by atoms with E-state index in [0.717, 1.165) is 11.3 Å². The molecule has 0 aliphatic heterocycles. The summed E-state index contributed by atoms with van der Waals surface area (Å²) in [5.74, 6) is 0. The minimum Gasteiger partial charge on any atom is -0.307 e. The lowest BCUT2D eigenvalue weighted by Gasteiger charge is -2.33. The minimum atomic E-state index is -0.339. The van der Waals surface area contributed by atoms with Gasteiger partial charge < -0.3 is 5.32 Å². The fourth-order valence-electron chi connectivity index (χ4n) is 2.27. The van der Waals surface area contributed by atoms with E-state index in [0.29, 0.717) is 6.54 Å². The molecule has 0 bridgehead atoms. The average Bonchev–Trinajstić information content (AvgIpc) is 2.59. The first-order valence-corrected chi connectivity index (χ1v) is 6.89. The van der Waals surface area contributed by atoms with Gasteiger partial charge in [-0.1, -0.05) is 32.1 Å². The van der Waals surface area contributed by atoms with Crippen molar-refractivity contribution in [3.8, 4) is 0 Å². The zero-order valence-corrected chi connectivity index (χ0v) is 12.6. The topological polar surface area (TPSA) is 55.2 Å². The SMILES string of the molecule is CC(C)(C)CC(C)(C)NCc1ccc([N+](=O)[O-])s1. The van der Waals surface area contributed by atoms with Gasteiger partial charge in [-0.3, -0.25) is 10.1 Å². The molecule has 102 valence electrons. The molecule has 0 saturated heterocycles. The molecule has 18 heavy (non-hydrogen) atoms. The first-order chi connectivity index (χ1) is 8.09. The summed E-state index contributed by atoms with van der Waals surface area (Å²) < 4.78 is 0. The van der Waals surface area contributed by atoms with Gasteiger partial charge in [0.1, 0.15) is 0 Å². The summed E-state index contributed by atoms with van der Waals surface area (Å²) in [4.78, 5) is 11.3. The van der Waals surface area contributed by atoms with E-state index in [1.165, 1.54) is 11.3 Å². The maximum Gasteiger partial charge on any atom is 0.324 e. The van der Waals surface area contributed by atoms with E-state index in [1.807, 2.05) is 6.07 Å². The van der Waals surface area contributed by atoms with Crippen molar-refractivity contribution in [2.45, 2.75) is 53.1 Å². The highest BCUT2D eigenvalue weighted by Crippen LogP contribution is 2.28. The Bertz CT molecular complexity index is 419. The van der Waals surface area contributed by atoms with Gasteiger partial charge >= 0.3 is 5.00 Å². The molecule has 1 aromatic rings. The summed E-state index contributed by atoms with van der Waals surface area (Å²) in [7, 11) is 0. The van der Waals surface area contributed by atoms with Gasteiger partial charge in [0.05, 0.1) is 4.92 Å². The van der Waals surface area contributed by atoms with Crippen molar-refractivity contribution in [2.24, 2.45) is 5.41 Å². The average molecular weight is 270 g/mol. The Labute approximate surface area is 113 Å². The zero-order chi connectivity index (χ0) is 14.0. The van der Waals surface area contributed by atoms with Crippen LogP contribution in [-0.2, 0) is 6.54 Å². The third-order valence-electron chi connectivity index (χ3n) is 2.54. The number of thiophene rings is 1. The van der Waals surface area contributed by atoms with Crippen LogP contribution in [0.5, 0.6) is 0 Å². The Hall–Kier alpha value is -0.940. The van der Waals surface area contributed by atoms with E-state index < -0.39 is 0 Å². The van der Waals surface area contributed by atoms with Crippen molar-refractivity contribution in [3.63, 3.8) is 0 Å². The number of nitro groups is 1. The molecule has 5 heteroatoms. The summed E-state index contributed by atoms with van der Waals surface area (Å²) in [6.07, 6.45) is 1.05. The van der Waals surface area contributed by atoms with Crippen molar-refractivity contribution in [2.75, 3.05) is 0 Å². The van der Waals surface area contributed by atoms with Crippen molar-refractivity contribution in [1.29, 1.82) is 0 Å². The molecule has 0 spiro atoms. The van der Waals surface area contributed by atoms with Crippen LogP contribution in [0.1, 0.15) is 45.9 Å². The molecular formula is C13H22N2O2S. The Balaban J connectivity index is 2.56. The quantitative estimate of drug-likeness (QED) is 0.651. The normalized spacial score (nSPS) is 12.7. The van der Waals surface area contributed by atoms with Crippen LogP contribution >= 0.6 is 11.3 Å². The Kier molecular flexibility index (Phi) is 4.50. The smallest absolute Gasteiger partial charge is 0.307 e. The van der Waals surface area contributed by atoms with Crippen molar-refractivity contribution >= 4 is 16.3 Å². The summed E-state index contributed by atoms with van der Waals surface area (Å²) in [6.45, 7) is 11.7. The van der Waals surface area contributed by atoms with Gasteiger partial charge in [0.15, 0.2) is 0 Å². The van der Waals surface area contributed by atoms with E-state index >= 15 is 0 Å². The standard InChI is InChI=1S/C13H22N2O2S/c1-12(2,3)9-13(4,5)14-8-10-6-7-11(18-10)15(16)17/h6-7,14H,8-9H2,1-5H3. The van der Waals surface area contributed by atoms with Gasteiger partial charge in [-0.05, 0) is 31.7 Å². The molecule has 1 aromatic heterocycles. The van der Waals surface area contributed by atoms with Gasteiger partial charge in [0.25, 0.3) is 0 Å². The van der Waals surface area contributed by atoms with Crippen LogP contribution in [0.2, 0.25) is 0 Å². The van der Waals surface area contributed by atoms with E-state index in [1.54, 1.807) is 6.07 Å². The number of rotatable bonds is 5. The lowest BCUT2D eigenvalue weighted by Crippen LogP contribution is -2.41. The van der Waals surface area contributed by atoms with Crippen molar-refractivity contribution in [3.05, 3.63) is 27.1 Å². The molecule has 0 amide bonds. The first-order valence-electron chi connectivity index (χ1n) is 6.07. The maximum atomic E-state index is 10.6. The molecule has 0 saturated carbocycles. The second-order valence-corrected chi connectivity index (χ2v) is 7.62. The highest BCUT2D eigenvalue weighted by molar-refractivity contribution is 7.15. The monoisotopic (exact) mass is 270 g/mol.